The standard InChI is InChI=1S/C22H23NO3/c1-26-17-8-3-2-5-14(17)21-19-13-10-9-12(11-13)18(19)15-6-4-7-16(22(24)25)20(15)23-21/h2-8,12-13,18-19,21,23H,9-11H2,1H3,(H,24,25)/t12-,13+,18-,19+,21-/m1/s1. The molecule has 4 nitrogen and oxygen atoms in total. The highest BCUT2D eigenvalue weighted by Crippen LogP contribution is 2.64. The maximum atomic E-state index is 11.8. The molecule has 0 radical (unpaired) electrons. The van der Waals surface area contributed by atoms with E-state index in [2.05, 4.69) is 17.4 Å². The van der Waals surface area contributed by atoms with Crippen LogP contribution in [0.3, 0.4) is 0 Å². The molecule has 3 aliphatic rings. The number of ether oxygens (including phenoxy) is 1. The first-order valence-corrected chi connectivity index (χ1v) is 9.44. The number of aromatic carboxylic acids is 1. The number of benzene rings is 2. The van der Waals surface area contributed by atoms with Crippen LogP contribution in [0.15, 0.2) is 42.5 Å². The maximum absolute atomic E-state index is 11.8. The summed E-state index contributed by atoms with van der Waals surface area (Å²) in [5.74, 6) is 2.33. The number of carboxylic acid groups (broad SMARTS) is 1. The third-order valence-corrected chi connectivity index (χ3v) is 6.83. The lowest BCUT2D eigenvalue weighted by Crippen LogP contribution is -2.36. The van der Waals surface area contributed by atoms with Gasteiger partial charge in [0.05, 0.1) is 24.4 Å². The summed E-state index contributed by atoms with van der Waals surface area (Å²) in [6.07, 6.45) is 3.81. The van der Waals surface area contributed by atoms with Gasteiger partial charge in [-0.25, -0.2) is 4.79 Å². The van der Waals surface area contributed by atoms with Gasteiger partial charge in [0.15, 0.2) is 0 Å². The smallest absolute Gasteiger partial charge is 0.337 e. The average molecular weight is 349 g/mol. The lowest BCUT2D eigenvalue weighted by Gasteiger charge is -2.44. The molecule has 0 aromatic heterocycles. The molecule has 26 heavy (non-hydrogen) atoms. The second kappa shape index (κ2) is 5.76. The van der Waals surface area contributed by atoms with Gasteiger partial charge in [-0.15, -0.1) is 0 Å². The van der Waals surface area contributed by atoms with E-state index in [4.69, 9.17) is 4.74 Å². The number of carbonyl (C=O) groups is 1. The molecule has 2 bridgehead atoms. The van der Waals surface area contributed by atoms with Gasteiger partial charge in [0, 0.05) is 5.56 Å². The minimum Gasteiger partial charge on any atom is -0.496 e. The molecule has 4 heteroatoms. The fraction of sp³-hybridized carbons (Fsp3) is 0.409. The number of anilines is 1. The van der Waals surface area contributed by atoms with Crippen molar-refractivity contribution in [1.29, 1.82) is 0 Å². The molecule has 0 amide bonds. The molecule has 2 N–H and O–H groups in total. The van der Waals surface area contributed by atoms with Crippen molar-refractivity contribution in [3.05, 3.63) is 59.2 Å². The molecule has 2 aliphatic carbocycles. The van der Waals surface area contributed by atoms with Gasteiger partial charge < -0.3 is 15.2 Å². The molecule has 2 aromatic rings. The molecular weight excluding hydrogens is 326 g/mol. The van der Waals surface area contributed by atoms with Gasteiger partial charge in [-0.1, -0.05) is 30.3 Å². The average Bonchev–Trinajstić information content (AvgIpc) is 3.29. The Balaban J connectivity index is 1.69. The molecular formula is C22H23NO3. The summed E-state index contributed by atoms with van der Waals surface area (Å²) in [5.41, 5.74) is 3.53. The highest BCUT2D eigenvalue weighted by atomic mass is 16.5. The first-order valence-electron chi connectivity index (χ1n) is 9.44. The maximum Gasteiger partial charge on any atom is 0.337 e. The Labute approximate surface area is 153 Å². The van der Waals surface area contributed by atoms with E-state index in [-0.39, 0.29) is 6.04 Å². The van der Waals surface area contributed by atoms with E-state index in [1.807, 2.05) is 24.3 Å². The molecule has 5 atom stereocenters. The first-order chi connectivity index (χ1) is 12.7. The van der Waals surface area contributed by atoms with Crippen LogP contribution in [-0.4, -0.2) is 18.2 Å². The normalized spacial score (nSPS) is 31.0. The van der Waals surface area contributed by atoms with Crippen molar-refractivity contribution >= 4 is 11.7 Å². The van der Waals surface area contributed by atoms with Crippen molar-refractivity contribution in [3.8, 4) is 5.75 Å². The van der Waals surface area contributed by atoms with Crippen molar-refractivity contribution in [2.45, 2.75) is 31.2 Å². The molecule has 1 heterocycles. The molecule has 5 rings (SSSR count). The zero-order valence-corrected chi connectivity index (χ0v) is 14.8. The third-order valence-electron chi connectivity index (χ3n) is 6.83. The van der Waals surface area contributed by atoms with E-state index < -0.39 is 5.97 Å². The van der Waals surface area contributed by atoms with Gasteiger partial charge in [0.2, 0.25) is 0 Å². The molecule has 0 spiro atoms. The van der Waals surface area contributed by atoms with Crippen LogP contribution in [0.2, 0.25) is 0 Å². The van der Waals surface area contributed by atoms with Gasteiger partial charge in [-0.2, -0.15) is 0 Å². The van der Waals surface area contributed by atoms with Crippen LogP contribution < -0.4 is 10.1 Å². The van der Waals surface area contributed by atoms with Crippen LogP contribution in [0, 0.1) is 17.8 Å². The zero-order valence-electron chi connectivity index (χ0n) is 14.8. The number of methoxy groups -OCH3 is 1. The van der Waals surface area contributed by atoms with E-state index in [1.54, 1.807) is 13.2 Å². The molecule has 2 fully saturated rings. The Morgan fingerprint density at radius 3 is 2.65 bits per heavy atom. The van der Waals surface area contributed by atoms with Gasteiger partial charge in [-0.3, -0.25) is 0 Å². The molecule has 0 unspecified atom stereocenters. The van der Waals surface area contributed by atoms with Crippen LogP contribution in [0.5, 0.6) is 5.75 Å². The van der Waals surface area contributed by atoms with Crippen LogP contribution in [-0.2, 0) is 0 Å². The van der Waals surface area contributed by atoms with Crippen LogP contribution in [0.25, 0.3) is 0 Å². The summed E-state index contributed by atoms with van der Waals surface area (Å²) in [4.78, 5) is 11.8. The third kappa shape index (κ3) is 2.11. The summed E-state index contributed by atoms with van der Waals surface area (Å²) in [5, 5.41) is 13.3. The number of fused-ring (bicyclic) bond motifs is 7. The number of hydrogen-bond donors (Lipinski definition) is 2. The fourth-order valence-electron chi connectivity index (χ4n) is 5.92. The molecule has 0 saturated heterocycles. The second-order valence-electron chi connectivity index (χ2n) is 7.88. The minimum absolute atomic E-state index is 0.0967. The first kappa shape index (κ1) is 15.7. The van der Waals surface area contributed by atoms with Crippen molar-refractivity contribution in [1.82, 2.24) is 0 Å². The topological polar surface area (TPSA) is 58.6 Å². The number of nitrogens with one attached hydrogen (secondary N) is 1. The number of para-hydroxylation sites is 2. The SMILES string of the molecule is COc1ccccc1[C@H]1Nc2c(C(=O)O)cccc2[C@H]2[C@@H]3CC[C@@H](C3)[C@@H]21. The van der Waals surface area contributed by atoms with Crippen LogP contribution in [0.1, 0.15) is 52.7 Å². The Hall–Kier alpha value is -2.49. The molecule has 1 aliphatic heterocycles. The van der Waals surface area contributed by atoms with E-state index >= 15 is 0 Å². The summed E-state index contributed by atoms with van der Waals surface area (Å²) in [7, 11) is 1.70. The van der Waals surface area contributed by atoms with Gasteiger partial charge >= 0.3 is 5.97 Å². The fourth-order valence-corrected chi connectivity index (χ4v) is 5.92. The quantitative estimate of drug-likeness (QED) is 0.844. The zero-order chi connectivity index (χ0) is 17.8. The van der Waals surface area contributed by atoms with Crippen molar-refractivity contribution in [2.24, 2.45) is 17.8 Å². The second-order valence-corrected chi connectivity index (χ2v) is 7.88. The minimum atomic E-state index is -0.866. The highest BCUT2D eigenvalue weighted by molar-refractivity contribution is 5.95. The number of hydrogen-bond acceptors (Lipinski definition) is 3. The Kier molecular flexibility index (Phi) is 3.49. The molecule has 2 aromatic carbocycles. The molecule has 134 valence electrons. The predicted octanol–water partition coefficient (Wildman–Crippen LogP) is 4.69. The van der Waals surface area contributed by atoms with Crippen molar-refractivity contribution in [2.75, 3.05) is 12.4 Å². The van der Waals surface area contributed by atoms with Crippen LogP contribution in [0.4, 0.5) is 5.69 Å². The predicted molar refractivity (Wildman–Crippen MR) is 99.8 cm³/mol. The van der Waals surface area contributed by atoms with E-state index in [1.165, 1.54) is 24.8 Å². The molecule has 2 saturated carbocycles. The van der Waals surface area contributed by atoms with E-state index in [0.717, 1.165) is 17.0 Å². The Morgan fingerprint density at radius 2 is 1.85 bits per heavy atom. The highest BCUT2D eigenvalue weighted by Gasteiger charge is 2.54. The number of carboxylic acids is 1. The van der Waals surface area contributed by atoms with Gasteiger partial charge in [0.1, 0.15) is 5.75 Å². The van der Waals surface area contributed by atoms with E-state index in [0.29, 0.717) is 29.2 Å². The lowest BCUT2D eigenvalue weighted by molar-refractivity contribution is 0.0697. The summed E-state index contributed by atoms with van der Waals surface area (Å²) in [6.45, 7) is 0. The summed E-state index contributed by atoms with van der Waals surface area (Å²) < 4.78 is 5.64. The largest absolute Gasteiger partial charge is 0.496 e. The van der Waals surface area contributed by atoms with Gasteiger partial charge in [0.25, 0.3) is 0 Å². The summed E-state index contributed by atoms with van der Waals surface area (Å²) in [6, 6.07) is 14.0. The van der Waals surface area contributed by atoms with Crippen LogP contribution >= 0.6 is 0 Å². The monoisotopic (exact) mass is 349 g/mol. The van der Waals surface area contributed by atoms with E-state index in [9.17, 15) is 9.90 Å². The van der Waals surface area contributed by atoms with Crippen molar-refractivity contribution in [3.63, 3.8) is 0 Å². The Bertz CT molecular complexity index is 877. The summed E-state index contributed by atoms with van der Waals surface area (Å²) >= 11 is 0. The van der Waals surface area contributed by atoms with Gasteiger partial charge in [-0.05, 0) is 60.6 Å². The lowest BCUT2D eigenvalue weighted by atomic mass is 9.67. The number of rotatable bonds is 3. The van der Waals surface area contributed by atoms with Crippen molar-refractivity contribution < 1.29 is 14.6 Å². The Morgan fingerprint density at radius 1 is 1.08 bits per heavy atom.